The summed E-state index contributed by atoms with van der Waals surface area (Å²) in [5.41, 5.74) is 1.15. The summed E-state index contributed by atoms with van der Waals surface area (Å²) in [6, 6.07) is 0. The van der Waals surface area contributed by atoms with Crippen molar-refractivity contribution in [3.05, 3.63) is 16.1 Å². The van der Waals surface area contributed by atoms with Crippen LogP contribution >= 0.6 is 11.3 Å². The van der Waals surface area contributed by atoms with E-state index in [1.807, 2.05) is 6.92 Å². The van der Waals surface area contributed by atoms with Crippen LogP contribution in [0, 0.1) is 12.8 Å². The molecule has 0 unspecified atom stereocenters. The number of aromatic nitrogens is 1. The van der Waals surface area contributed by atoms with Gasteiger partial charge in [-0.2, -0.15) is 0 Å². The molecule has 2 heterocycles. The third kappa shape index (κ3) is 3.54. The van der Waals surface area contributed by atoms with E-state index >= 15 is 0 Å². The second-order valence-electron chi connectivity index (χ2n) is 6.06. The van der Waals surface area contributed by atoms with Crippen molar-refractivity contribution in [1.29, 1.82) is 0 Å². The van der Waals surface area contributed by atoms with Crippen LogP contribution in [0.4, 0.5) is 8.78 Å². The highest BCUT2D eigenvalue weighted by Gasteiger charge is 2.45. The Bertz CT molecular complexity index is 447. The molecule has 1 saturated heterocycles. The summed E-state index contributed by atoms with van der Waals surface area (Å²) in [5, 5.41) is 3.24. The summed E-state index contributed by atoms with van der Waals surface area (Å²) in [6.07, 6.45) is 0.177. The first-order valence-electron chi connectivity index (χ1n) is 7.24. The maximum Gasteiger partial charge on any atom is 0.248 e. The lowest BCUT2D eigenvalue weighted by Crippen LogP contribution is -2.50. The molecule has 3 rings (SSSR count). The predicted molar refractivity (Wildman–Crippen MR) is 76.2 cm³/mol. The van der Waals surface area contributed by atoms with Gasteiger partial charge in [-0.15, -0.1) is 11.3 Å². The van der Waals surface area contributed by atoms with Crippen LogP contribution in [0.25, 0.3) is 0 Å². The normalized spacial score (nSPS) is 24.8. The molecule has 0 atom stereocenters. The molecule has 1 saturated carbocycles. The molecule has 112 valence electrons. The fourth-order valence-electron chi connectivity index (χ4n) is 3.12. The van der Waals surface area contributed by atoms with Crippen LogP contribution in [-0.4, -0.2) is 53.4 Å². The first-order chi connectivity index (χ1) is 9.50. The maximum atomic E-state index is 12.8. The third-order valence-corrected chi connectivity index (χ3v) is 5.03. The first kappa shape index (κ1) is 14.4. The monoisotopic (exact) mass is 301 g/mol. The van der Waals surface area contributed by atoms with Gasteiger partial charge in [0, 0.05) is 57.5 Å². The molecule has 0 radical (unpaired) electrons. The van der Waals surface area contributed by atoms with Crippen molar-refractivity contribution in [2.75, 3.05) is 32.7 Å². The van der Waals surface area contributed by atoms with Gasteiger partial charge in [-0.3, -0.25) is 4.90 Å². The summed E-state index contributed by atoms with van der Waals surface area (Å²) in [5.74, 6) is -2.17. The topological polar surface area (TPSA) is 19.4 Å². The van der Waals surface area contributed by atoms with E-state index in [0.29, 0.717) is 0 Å². The van der Waals surface area contributed by atoms with E-state index in [0.717, 1.165) is 50.0 Å². The van der Waals surface area contributed by atoms with Gasteiger partial charge in [0.25, 0.3) is 0 Å². The molecule has 6 heteroatoms. The van der Waals surface area contributed by atoms with Crippen LogP contribution in [0.3, 0.4) is 0 Å². The predicted octanol–water partition coefficient (Wildman–Crippen LogP) is 2.61. The standard InChI is InChI=1S/C14H21F2N3S/c1-11-17-13(10-20-11)9-19-4-2-18(3-5-19)8-12-6-14(15,16)7-12/h10,12H,2-9H2,1H3. The molecule has 0 amide bonds. The van der Waals surface area contributed by atoms with Gasteiger partial charge in [0.15, 0.2) is 0 Å². The lowest BCUT2D eigenvalue weighted by atomic mass is 9.81. The number of nitrogens with zero attached hydrogens (tertiary/aromatic N) is 3. The Morgan fingerprint density at radius 2 is 1.90 bits per heavy atom. The van der Waals surface area contributed by atoms with Crippen LogP contribution in [0.2, 0.25) is 0 Å². The van der Waals surface area contributed by atoms with Crippen LogP contribution < -0.4 is 0 Å². The Balaban J connectivity index is 1.39. The molecule has 0 bridgehead atoms. The van der Waals surface area contributed by atoms with Gasteiger partial charge in [0.2, 0.25) is 5.92 Å². The van der Waals surface area contributed by atoms with Gasteiger partial charge in [-0.05, 0) is 12.8 Å². The molecule has 1 aromatic heterocycles. The number of thiazole rings is 1. The van der Waals surface area contributed by atoms with Gasteiger partial charge in [0.1, 0.15) is 0 Å². The molecular formula is C14H21F2N3S. The second kappa shape index (κ2) is 5.66. The molecule has 0 aromatic carbocycles. The van der Waals surface area contributed by atoms with Gasteiger partial charge < -0.3 is 4.90 Å². The number of hydrogen-bond acceptors (Lipinski definition) is 4. The highest BCUT2D eigenvalue weighted by molar-refractivity contribution is 7.09. The van der Waals surface area contributed by atoms with E-state index in [2.05, 4.69) is 20.2 Å². The van der Waals surface area contributed by atoms with Crippen molar-refractivity contribution in [3.8, 4) is 0 Å². The van der Waals surface area contributed by atoms with E-state index in [4.69, 9.17) is 0 Å². The zero-order valence-electron chi connectivity index (χ0n) is 11.8. The molecule has 3 nitrogen and oxygen atoms in total. The second-order valence-corrected chi connectivity index (χ2v) is 7.13. The number of piperazine rings is 1. The molecule has 20 heavy (non-hydrogen) atoms. The summed E-state index contributed by atoms with van der Waals surface area (Å²) >= 11 is 1.69. The van der Waals surface area contributed by atoms with Crippen molar-refractivity contribution in [2.24, 2.45) is 5.92 Å². The minimum atomic E-state index is -2.38. The average molecular weight is 301 g/mol. The number of hydrogen-bond donors (Lipinski definition) is 0. The van der Waals surface area contributed by atoms with Crippen LogP contribution in [-0.2, 0) is 6.54 Å². The smallest absolute Gasteiger partial charge is 0.248 e. The van der Waals surface area contributed by atoms with Crippen molar-refractivity contribution in [1.82, 2.24) is 14.8 Å². The summed E-state index contributed by atoms with van der Waals surface area (Å²) in [6.45, 7) is 7.80. The van der Waals surface area contributed by atoms with Gasteiger partial charge >= 0.3 is 0 Å². The molecule has 1 aromatic rings. The van der Waals surface area contributed by atoms with Crippen molar-refractivity contribution >= 4 is 11.3 Å². The van der Waals surface area contributed by atoms with Crippen LogP contribution in [0.15, 0.2) is 5.38 Å². The Hall–Kier alpha value is -0.590. The number of halogens is 2. The molecule has 0 N–H and O–H groups in total. The van der Waals surface area contributed by atoms with Crippen molar-refractivity contribution in [2.45, 2.75) is 32.2 Å². The average Bonchev–Trinajstić information content (AvgIpc) is 2.75. The summed E-state index contributed by atoms with van der Waals surface area (Å²) in [4.78, 5) is 9.23. The zero-order valence-corrected chi connectivity index (χ0v) is 12.6. The highest BCUT2D eigenvalue weighted by atomic mass is 32.1. The number of alkyl halides is 2. The minimum absolute atomic E-state index is 0.0886. The van der Waals surface area contributed by atoms with Crippen LogP contribution in [0.1, 0.15) is 23.5 Å². The fraction of sp³-hybridized carbons (Fsp3) is 0.786. The Morgan fingerprint density at radius 1 is 1.25 bits per heavy atom. The van der Waals surface area contributed by atoms with E-state index in [9.17, 15) is 8.78 Å². The minimum Gasteiger partial charge on any atom is -0.301 e. The Kier molecular flexibility index (Phi) is 4.06. The van der Waals surface area contributed by atoms with Gasteiger partial charge in [-0.25, -0.2) is 13.8 Å². The third-order valence-electron chi connectivity index (χ3n) is 4.21. The molecular weight excluding hydrogens is 280 g/mol. The number of aryl methyl sites for hydroxylation is 1. The molecule has 1 aliphatic heterocycles. The summed E-state index contributed by atoms with van der Waals surface area (Å²) in [7, 11) is 0. The van der Waals surface area contributed by atoms with E-state index in [1.54, 1.807) is 11.3 Å². The van der Waals surface area contributed by atoms with E-state index in [1.165, 1.54) is 0 Å². The quantitative estimate of drug-likeness (QED) is 0.852. The summed E-state index contributed by atoms with van der Waals surface area (Å²) < 4.78 is 25.6. The van der Waals surface area contributed by atoms with Crippen molar-refractivity contribution in [3.63, 3.8) is 0 Å². The first-order valence-corrected chi connectivity index (χ1v) is 8.12. The maximum absolute atomic E-state index is 12.8. The Labute approximate surface area is 122 Å². The highest BCUT2D eigenvalue weighted by Crippen LogP contribution is 2.42. The van der Waals surface area contributed by atoms with E-state index in [-0.39, 0.29) is 18.8 Å². The zero-order chi connectivity index (χ0) is 14.2. The van der Waals surface area contributed by atoms with Crippen molar-refractivity contribution < 1.29 is 8.78 Å². The lowest BCUT2D eigenvalue weighted by molar-refractivity contribution is -0.117. The molecule has 2 aliphatic rings. The van der Waals surface area contributed by atoms with E-state index < -0.39 is 5.92 Å². The van der Waals surface area contributed by atoms with Gasteiger partial charge in [-0.1, -0.05) is 0 Å². The molecule has 0 spiro atoms. The molecule has 1 aliphatic carbocycles. The van der Waals surface area contributed by atoms with Gasteiger partial charge in [0.05, 0.1) is 10.7 Å². The largest absolute Gasteiger partial charge is 0.301 e. The Morgan fingerprint density at radius 3 is 2.45 bits per heavy atom. The lowest BCUT2D eigenvalue weighted by Gasteiger charge is -2.41. The fourth-order valence-corrected chi connectivity index (χ4v) is 3.72. The number of rotatable bonds is 4. The molecule has 2 fully saturated rings. The van der Waals surface area contributed by atoms with Crippen LogP contribution in [0.5, 0.6) is 0 Å². The SMILES string of the molecule is Cc1nc(CN2CCN(CC3CC(F)(F)C3)CC2)cs1.